The number of nitrogens with zero attached hydrogens (tertiary/aromatic N) is 1. The molecule has 28 heavy (non-hydrogen) atoms. The standard InChI is InChI=1S/C22H31NO5/c1-5-28-20-11-16-17(24)13-23-8-6-7-14-9-18(25-2)19(26-3)10-15(14)22(16,23)12-21(20)27-4/h9-11,17,20-21,24H,5-8,12-13H2,1-4H3/t17-,20-,21-,22-/m1/s1. The van der Waals surface area contributed by atoms with Gasteiger partial charge in [-0.1, -0.05) is 0 Å². The van der Waals surface area contributed by atoms with Gasteiger partial charge in [0.25, 0.3) is 0 Å². The van der Waals surface area contributed by atoms with E-state index in [4.69, 9.17) is 18.9 Å². The molecule has 4 atom stereocenters. The van der Waals surface area contributed by atoms with Crippen molar-refractivity contribution >= 4 is 0 Å². The van der Waals surface area contributed by atoms with Gasteiger partial charge in [-0.2, -0.15) is 0 Å². The molecule has 4 rings (SSSR count). The molecule has 1 aromatic carbocycles. The summed E-state index contributed by atoms with van der Waals surface area (Å²) in [4.78, 5) is 2.43. The summed E-state index contributed by atoms with van der Waals surface area (Å²) in [5.41, 5.74) is 3.10. The van der Waals surface area contributed by atoms with Crippen molar-refractivity contribution in [2.24, 2.45) is 0 Å². The minimum absolute atomic E-state index is 0.0736. The first-order valence-electron chi connectivity index (χ1n) is 10.1. The molecule has 0 bridgehead atoms. The van der Waals surface area contributed by atoms with E-state index in [1.54, 1.807) is 21.3 Å². The number of hydrogen-bond donors (Lipinski definition) is 1. The molecule has 3 aliphatic rings. The molecule has 1 saturated heterocycles. The largest absolute Gasteiger partial charge is 0.493 e. The molecule has 1 fully saturated rings. The fourth-order valence-electron chi connectivity index (χ4n) is 5.37. The minimum atomic E-state index is -0.500. The first-order chi connectivity index (χ1) is 13.6. The third-order valence-corrected chi connectivity index (χ3v) is 6.57. The van der Waals surface area contributed by atoms with Gasteiger partial charge < -0.3 is 24.1 Å². The van der Waals surface area contributed by atoms with Gasteiger partial charge in [-0.3, -0.25) is 4.90 Å². The molecule has 1 N–H and O–H groups in total. The Labute approximate surface area is 167 Å². The van der Waals surface area contributed by atoms with E-state index in [2.05, 4.69) is 23.1 Å². The van der Waals surface area contributed by atoms with Crippen molar-refractivity contribution in [1.82, 2.24) is 4.90 Å². The highest BCUT2D eigenvalue weighted by molar-refractivity contribution is 5.55. The Bertz CT molecular complexity index is 764. The molecule has 1 spiro atoms. The van der Waals surface area contributed by atoms with Crippen LogP contribution >= 0.6 is 0 Å². The number of hydrogen-bond acceptors (Lipinski definition) is 6. The molecule has 1 aliphatic carbocycles. The maximum atomic E-state index is 11.0. The molecule has 6 nitrogen and oxygen atoms in total. The fourth-order valence-corrected chi connectivity index (χ4v) is 5.37. The molecule has 6 heteroatoms. The summed E-state index contributed by atoms with van der Waals surface area (Å²) in [5, 5.41) is 11.0. The van der Waals surface area contributed by atoms with Crippen LogP contribution in [0.25, 0.3) is 0 Å². The van der Waals surface area contributed by atoms with Gasteiger partial charge in [-0.25, -0.2) is 0 Å². The quantitative estimate of drug-likeness (QED) is 0.780. The summed E-state index contributed by atoms with van der Waals surface area (Å²) in [7, 11) is 5.08. The van der Waals surface area contributed by atoms with Crippen molar-refractivity contribution in [3.8, 4) is 11.5 Å². The maximum absolute atomic E-state index is 11.0. The normalized spacial score (nSPS) is 32.0. The lowest BCUT2D eigenvalue weighted by molar-refractivity contribution is -0.0604. The Morgan fingerprint density at radius 2 is 1.93 bits per heavy atom. The second kappa shape index (κ2) is 7.67. The van der Waals surface area contributed by atoms with E-state index in [0.29, 0.717) is 13.2 Å². The van der Waals surface area contributed by atoms with Crippen LogP contribution in [0.15, 0.2) is 23.8 Å². The SMILES string of the molecule is CCO[C@@H]1C=C2[C@H](O)CN3CCCc4cc(OC)c(OC)cc4[C@]23C[C@H]1OC. The summed E-state index contributed by atoms with van der Waals surface area (Å²) in [6, 6.07) is 4.21. The third-order valence-electron chi connectivity index (χ3n) is 6.57. The molecule has 0 amide bonds. The summed E-state index contributed by atoms with van der Waals surface area (Å²) < 4.78 is 23.0. The molecule has 0 aromatic heterocycles. The second-order valence-corrected chi connectivity index (χ2v) is 7.81. The molecule has 0 unspecified atom stereocenters. The molecule has 2 aliphatic heterocycles. The van der Waals surface area contributed by atoms with Gasteiger partial charge in [-0.15, -0.1) is 0 Å². The van der Waals surface area contributed by atoms with Crippen molar-refractivity contribution in [1.29, 1.82) is 0 Å². The fraction of sp³-hybridized carbons (Fsp3) is 0.636. The summed E-state index contributed by atoms with van der Waals surface area (Å²) in [6.45, 7) is 4.17. The molecule has 1 aromatic rings. The summed E-state index contributed by atoms with van der Waals surface area (Å²) >= 11 is 0. The number of aryl methyl sites for hydroxylation is 1. The van der Waals surface area contributed by atoms with E-state index in [1.165, 1.54) is 11.1 Å². The van der Waals surface area contributed by atoms with Gasteiger partial charge in [0, 0.05) is 26.7 Å². The van der Waals surface area contributed by atoms with Crippen LogP contribution in [0.2, 0.25) is 0 Å². The van der Waals surface area contributed by atoms with Crippen molar-refractivity contribution < 1.29 is 24.1 Å². The molecule has 2 heterocycles. The van der Waals surface area contributed by atoms with Crippen LogP contribution in [0.4, 0.5) is 0 Å². The van der Waals surface area contributed by atoms with Gasteiger partial charge >= 0.3 is 0 Å². The van der Waals surface area contributed by atoms with Crippen LogP contribution in [0.1, 0.15) is 30.9 Å². The van der Waals surface area contributed by atoms with Crippen LogP contribution in [0.5, 0.6) is 11.5 Å². The highest BCUT2D eigenvalue weighted by atomic mass is 16.5. The molecule has 154 valence electrons. The molecule has 0 radical (unpaired) electrons. The predicted octanol–water partition coefficient (Wildman–Crippen LogP) is 2.27. The Morgan fingerprint density at radius 1 is 1.18 bits per heavy atom. The van der Waals surface area contributed by atoms with Crippen LogP contribution < -0.4 is 9.47 Å². The number of rotatable bonds is 5. The number of aliphatic hydroxyl groups excluding tert-OH is 1. The van der Waals surface area contributed by atoms with Gasteiger partial charge in [0.15, 0.2) is 11.5 Å². The highest BCUT2D eigenvalue weighted by Crippen LogP contribution is 2.54. The van der Waals surface area contributed by atoms with Crippen molar-refractivity contribution in [2.75, 3.05) is 41.0 Å². The lowest BCUT2D eigenvalue weighted by atomic mass is 9.71. The van der Waals surface area contributed by atoms with Gasteiger partial charge in [0.2, 0.25) is 0 Å². The zero-order valence-electron chi connectivity index (χ0n) is 17.2. The Kier molecular flexibility index (Phi) is 5.40. The average molecular weight is 389 g/mol. The van der Waals surface area contributed by atoms with Crippen molar-refractivity contribution in [2.45, 2.75) is 50.0 Å². The van der Waals surface area contributed by atoms with E-state index < -0.39 is 6.10 Å². The van der Waals surface area contributed by atoms with Gasteiger partial charge in [-0.05, 0) is 61.2 Å². The van der Waals surface area contributed by atoms with E-state index in [1.807, 2.05) is 6.92 Å². The Morgan fingerprint density at radius 3 is 2.61 bits per heavy atom. The van der Waals surface area contributed by atoms with E-state index in [9.17, 15) is 5.11 Å². The van der Waals surface area contributed by atoms with Crippen LogP contribution in [-0.2, 0) is 21.4 Å². The van der Waals surface area contributed by atoms with E-state index in [-0.39, 0.29) is 17.7 Å². The first kappa shape index (κ1) is 19.7. The lowest BCUT2D eigenvalue weighted by Gasteiger charge is -2.46. The number of methoxy groups -OCH3 is 3. The van der Waals surface area contributed by atoms with Gasteiger partial charge in [0.1, 0.15) is 6.10 Å². The lowest BCUT2D eigenvalue weighted by Crippen LogP contribution is -2.50. The summed E-state index contributed by atoms with van der Waals surface area (Å²) in [6.07, 6.45) is 4.16. The number of aliphatic hydroxyl groups is 1. The van der Waals surface area contributed by atoms with Crippen LogP contribution in [0.3, 0.4) is 0 Å². The van der Waals surface area contributed by atoms with Gasteiger partial charge in [0.05, 0.1) is 32.0 Å². The third kappa shape index (κ3) is 2.86. The van der Waals surface area contributed by atoms with Crippen molar-refractivity contribution in [3.05, 3.63) is 34.9 Å². The first-order valence-corrected chi connectivity index (χ1v) is 10.1. The predicted molar refractivity (Wildman–Crippen MR) is 106 cm³/mol. The molecular formula is C22H31NO5. The molecule has 0 saturated carbocycles. The zero-order chi connectivity index (χ0) is 19.9. The average Bonchev–Trinajstić information content (AvgIpc) is 2.90. The highest BCUT2D eigenvalue weighted by Gasteiger charge is 2.56. The zero-order valence-corrected chi connectivity index (χ0v) is 17.2. The number of benzene rings is 1. The number of fused-ring (bicyclic) bond motifs is 1. The molecular weight excluding hydrogens is 358 g/mol. The van der Waals surface area contributed by atoms with Crippen LogP contribution in [-0.4, -0.2) is 69.3 Å². The van der Waals surface area contributed by atoms with E-state index >= 15 is 0 Å². The Balaban J connectivity index is 1.93. The summed E-state index contributed by atoms with van der Waals surface area (Å²) in [5.74, 6) is 1.47. The monoisotopic (exact) mass is 389 g/mol. The number of ether oxygens (including phenoxy) is 4. The van der Waals surface area contributed by atoms with Crippen molar-refractivity contribution in [3.63, 3.8) is 0 Å². The second-order valence-electron chi connectivity index (χ2n) is 7.81. The minimum Gasteiger partial charge on any atom is -0.493 e. The Hall–Kier alpha value is -1.60. The van der Waals surface area contributed by atoms with E-state index in [0.717, 1.165) is 42.9 Å². The maximum Gasteiger partial charge on any atom is 0.161 e. The smallest absolute Gasteiger partial charge is 0.161 e. The topological polar surface area (TPSA) is 60.4 Å². The van der Waals surface area contributed by atoms with Crippen LogP contribution in [0, 0.1) is 0 Å².